The van der Waals surface area contributed by atoms with Crippen LogP contribution >= 0.6 is 0 Å². The molecule has 1 atom stereocenters. The highest BCUT2D eigenvalue weighted by Gasteiger charge is 2.19. The first-order valence-corrected chi connectivity index (χ1v) is 7.58. The molecule has 0 aliphatic heterocycles. The minimum Gasteiger partial charge on any atom is -0.260 e. The van der Waals surface area contributed by atoms with E-state index >= 15 is 0 Å². The number of aryl methyl sites for hydroxylation is 1. The Morgan fingerprint density at radius 2 is 2.00 bits per heavy atom. The number of pyridine rings is 1. The van der Waals surface area contributed by atoms with Crippen LogP contribution in [-0.4, -0.2) is 13.4 Å². The Labute approximate surface area is 117 Å². The molecule has 0 bridgehead atoms. The van der Waals surface area contributed by atoms with Crippen molar-refractivity contribution in [3.05, 3.63) is 59.7 Å². The monoisotopic (exact) mass is 294 g/mol. The molecule has 1 N–H and O–H groups in total. The molecule has 0 aliphatic rings. The summed E-state index contributed by atoms with van der Waals surface area (Å²) in [5.41, 5.74) is 0.910. The Hall–Kier alpha value is -1.79. The second-order valence-corrected chi connectivity index (χ2v) is 6.22. The molecule has 0 saturated heterocycles. The van der Waals surface area contributed by atoms with E-state index in [9.17, 15) is 12.8 Å². The van der Waals surface area contributed by atoms with E-state index in [4.69, 9.17) is 0 Å². The SMILES string of the molecule is Cc1cc(S(=O)(=O)NC(C)c2ccccn2)ccc1F. The summed E-state index contributed by atoms with van der Waals surface area (Å²) in [6.07, 6.45) is 1.60. The Balaban J connectivity index is 2.25. The number of aromatic nitrogens is 1. The third-order valence-electron chi connectivity index (χ3n) is 2.90. The zero-order valence-electron chi connectivity index (χ0n) is 11.2. The molecule has 2 aromatic rings. The van der Waals surface area contributed by atoms with E-state index in [-0.39, 0.29) is 4.90 Å². The van der Waals surface area contributed by atoms with Gasteiger partial charge in [-0.3, -0.25) is 4.98 Å². The lowest BCUT2D eigenvalue weighted by Crippen LogP contribution is -2.27. The Morgan fingerprint density at radius 1 is 1.25 bits per heavy atom. The van der Waals surface area contributed by atoms with Crippen LogP contribution < -0.4 is 4.72 Å². The third-order valence-corrected chi connectivity index (χ3v) is 4.44. The number of hydrogen-bond acceptors (Lipinski definition) is 3. The highest BCUT2D eigenvalue weighted by Crippen LogP contribution is 2.17. The lowest BCUT2D eigenvalue weighted by Gasteiger charge is -2.14. The van der Waals surface area contributed by atoms with Gasteiger partial charge in [0.25, 0.3) is 0 Å². The van der Waals surface area contributed by atoms with Gasteiger partial charge in [-0.15, -0.1) is 0 Å². The maximum Gasteiger partial charge on any atom is 0.241 e. The summed E-state index contributed by atoms with van der Waals surface area (Å²) >= 11 is 0. The number of nitrogens with zero attached hydrogens (tertiary/aromatic N) is 1. The van der Waals surface area contributed by atoms with Crippen molar-refractivity contribution in [2.45, 2.75) is 24.8 Å². The first kappa shape index (κ1) is 14.6. The molecular formula is C14H15FN2O2S. The zero-order valence-corrected chi connectivity index (χ0v) is 12.0. The first-order valence-electron chi connectivity index (χ1n) is 6.09. The van der Waals surface area contributed by atoms with Crippen LogP contribution in [0.4, 0.5) is 4.39 Å². The van der Waals surface area contributed by atoms with E-state index in [1.165, 1.54) is 19.1 Å². The molecule has 1 unspecified atom stereocenters. The summed E-state index contributed by atoms with van der Waals surface area (Å²) in [7, 11) is -3.70. The fourth-order valence-corrected chi connectivity index (χ4v) is 3.08. The molecule has 2 rings (SSSR count). The number of nitrogens with one attached hydrogen (secondary N) is 1. The summed E-state index contributed by atoms with van der Waals surface area (Å²) < 4.78 is 40.1. The molecule has 0 radical (unpaired) electrons. The lowest BCUT2D eigenvalue weighted by atomic mass is 10.2. The Kier molecular flexibility index (Phi) is 4.15. The summed E-state index contributed by atoms with van der Waals surface area (Å²) in [6.45, 7) is 3.23. The fraction of sp³-hybridized carbons (Fsp3) is 0.214. The van der Waals surface area contributed by atoms with Gasteiger partial charge >= 0.3 is 0 Å². The average Bonchev–Trinajstić information content (AvgIpc) is 2.42. The van der Waals surface area contributed by atoms with Gasteiger partial charge in [-0.25, -0.2) is 17.5 Å². The summed E-state index contributed by atoms with van der Waals surface area (Å²) in [5.74, 6) is -0.429. The maximum atomic E-state index is 13.2. The molecule has 0 amide bonds. The lowest BCUT2D eigenvalue weighted by molar-refractivity contribution is 0.563. The molecule has 1 aromatic carbocycles. The van der Waals surface area contributed by atoms with Crippen LogP contribution in [0.5, 0.6) is 0 Å². The maximum absolute atomic E-state index is 13.2. The van der Waals surface area contributed by atoms with Crippen molar-refractivity contribution in [3.63, 3.8) is 0 Å². The molecule has 0 fully saturated rings. The van der Waals surface area contributed by atoms with E-state index in [0.717, 1.165) is 6.07 Å². The van der Waals surface area contributed by atoms with Gasteiger partial charge in [-0.2, -0.15) is 0 Å². The fourth-order valence-electron chi connectivity index (χ4n) is 1.78. The number of sulfonamides is 1. The smallest absolute Gasteiger partial charge is 0.241 e. The van der Waals surface area contributed by atoms with Crippen LogP contribution in [0.1, 0.15) is 24.2 Å². The van der Waals surface area contributed by atoms with Gasteiger partial charge in [0.1, 0.15) is 5.82 Å². The van der Waals surface area contributed by atoms with Gasteiger partial charge in [-0.1, -0.05) is 6.07 Å². The van der Waals surface area contributed by atoms with Gasteiger partial charge < -0.3 is 0 Å². The van der Waals surface area contributed by atoms with Crippen molar-refractivity contribution >= 4 is 10.0 Å². The second kappa shape index (κ2) is 5.68. The van der Waals surface area contributed by atoms with Crippen molar-refractivity contribution < 1.29 is 12.8 Å². The highest BCUT2D eigenvalue weighted by atomic mass is 32.2. The van der Waals surface area contributed by atoms with Crippen molar-refractivity contribution in [1.82, 2.24) is 9.71 Å². The molecule has 0 spiro atoms. The number of rotatable bonds is 4. The summed E-state index contributed by atoms with van der Waals surface area (Å²) in [6, 6.07) is 8.52. The topological polar surface area (TPSA) is 59.1 Å². The van der Waals surface area contributed by atoms with E-state index in [1.54, 1.807) is 31.3 Å². The number of hydrogen-bond donors (Lipinski definition) is 1. The van der Waals surface area contributed by atoms with Crippen LogP contribution in [0.2, 0.25) is 0 Å². The normalized spacial score (nSPS) is 13.2. The Bertz CT molecular complexity index is 702. The zero-order chi connectivity index (χ0) is 14.8. The molecule has 1 aromatic heterocycles. The molecule has 1 heterocycles. The van der Waals surface area contributed by atoms with E-state index < -0.39 is 21.9 Å². The van der Waals surface area contributed by atoms with Crippen molar-refractivity contribution in [2.24, 2.45) is 0 Å². The highest BCUT2D eigenvalue weighted by molar-refractivity contribution is 7.89. The Morgan fingerprint density at radius 3 is 2.60 bits per heavy atom. The van der Waals surface area contributed by atoms with E-state index in [1.807, 2.05) is 0 Å². The molecule has 0 aliphatic carbocycles. The predicted octanol–water partition coefficient (Wildman–Crippen LogP) is 2.57. The first-order chi connectivity index (χ1) is 9.40. The minimum atomic E-state index is -3.70. The van der Waals surface area contributed by atoms with Gasteiger partial charge in [0.15, 0.2) is 0 Å². The molecule has 20 heavy (non-hydrogen) atoms. The predicted molar refractivity (Wildman–Crippen MR) is 74.1 cm³/mol. The van der Waals surface area contributed by atoms with Gasteiger partial charge in [0, 0.05) is 6.20 Å². The van der Waals surface area contributed by atoms with Crippen LogP contribution in [0.25, 0.3) is 0 Å². The second-order valence-electron chi connectivity index (χ2n) is 4.51. The van der Waals surface area contributed by atoms with Gasteiger partial charge in [0.2, 0.25) is 10.0 Å². The van der Waals surface area contributed by atoms with Crippen LogP contribution in [-0.2, 0) is 10.0 Å². The van der Waals surface area contributed by atoms with Crippen molar-refractivity contribution in [2.75, 3.05) is 0 Å². The van der Waals surface area contributed by atoms with E-state index in [2.05, 4.69) is 9.71 Å². The quantitative estimate of drug-likeness (QED) is 0.943. The van der Waals surface area contributed by atoms with Crippen LogP contribution in [0.15, 0.2) is 47.5 Å². The van der Waals surface area contributed by atoms with Crippen LogP contribution in [0.3, 0.4) is 0 Å². The third kappa shape index (κ3) is 3.20. The average molecular weight is 294 g/mol. The van der Waals surface area contributed by atoms with Crippen molar-refractivity contribution in [1.29, 1.82) is 0 Å². The number of halogens is 1. The summed E-state index contributed by atoms with van der Waals surface area (Å²) in [5, 5.41) is 0. The van der Waals surface area contributed by atoms with Crippen molar-refractivity contribution in [3.8, 4) is 0 Å². The summed E-state index contributed by atoms with van der Waals surface area (Å²) in [4.78, 5) is 4.14. The minimum absolute atomic E-state index is 0.0409. The van der Waals surface area contributed by atoms with Gasteiger partial charge in [-0.05, 0) is 49.7 Å². The van der Waals surface area contributed by atoms with E-state index in [0.29, 0.717) is 11.3 Å². The molecule has 4 nitrogen and oxygen atoms in total. The van der Waals surface area contributed by atoms with Gasteiger partial charge in [0.05, 0.1) is 16.6 Å². The molecule has 0 saturated carbocycles. The van der Waals surface area contributed by atoms with Crippen LogP contribution in [0, 0.1) is 12.7 Å². The standard InChI is InChI=1S/C14H15FN2O2S/c1-10-9-12(6-7-13(10)15)20(18,19)17-11(2)14-5-3-4-8-16-14/h3-9,11,17H,1-2H3. The molecule has 6 heteroatoms. The number of benzene rings is 1. The molecular weight excluding hydrogens is 279 g/mol. The molecule has 106 valence electrons. The largest absolute Gasteiger partial charge is 0.260 e.